The molecule has 1 atom stereocenters. The van der Waals surface area contributed by atoms with Gasteiger partial charge in [-0.25, -0.2) is 0 Å². The first-order valence-electron chi connectivity index (χ1n) is 6.19. The number of rotatable bonds is 3. The van der Waals surface area contributed by atoms with Crippen LogP contribution in [-0.2, 0) is 9.59 Å². The lowest BCUT2D eigenvalue weighted by Gasteiger charge is -2.13. The van der Waals surface area contributed by atoms with E-state index in [0.717, 1.165) is 0 Å². The van der Waals surface area contributed by atoms with Crippen LogP contribution >= 0.6 is 23.2 Å². The second-order valence-corrected chi connectivity index (χ2v) is 5.46. The third-order valence-corrected chi connectivity index (χ3v) is 3.95. The molecule has 4 nitrogen and oxygen atoms in total. The van der Waals surface area contributed by atoms with Gasteiger partial charge in [0.2, 0.25) is 11.8 Å². The van der Waals surface area contributed by atoms with Gasteiger partial charge in [0.05, 0.1) is 5.92 Å². The fraction of sp³-hybridized carbons (Fsp3) is 0.286. The van der Waals surface area contributed by atoms with Gasteiger partial charge in [-0.05, 0) is 24.6 Å². The first-order chi connectivity index (χ1) is 9.49. The third kappa shape index (κ3) is 3.32. The highest BCUT2D eigenvalue weighted by molar-refractivity contribution is 6.37. The molecule has 0 aromatic heterocycles. The van der Waals surface area contributed by atoms with Crippen molar-refractivity contribution >= 4 is 41.1 Å². The Balaban J connectivity index is 2.05. The molecule has 0 radical (unpaired) electrons. The molecular formula is C14H14Cl2N2O2. The first-order valence-corrected chi connectivity index (χ1v) is 6.95. The summed E-state index contributed by atoms with van der Waals surface area (Å²) in [5, 5.41) is 0.968. The molecule has 0 spiro atoms. The molecule has 2 rings (SSSR count). The second-order valence-electron chi connectivity index (χ2n) is 4.64. The number of nitrogens with zero attached hydrogens (tertiary/aromatic N) is 1. The van der Waals surface area contributed by atoms with Gasteiger partial charge >= 0.3 is 0 Å². The molecule has 0 aliphatic carbocycles. The molecular weight excluding hydrogens is 299 g/mol. The van der Waals surface area contributed by atoms with Gasteiger partial charge < -0.3 is 10.6 Å². The maximum absolute atomic E-state index is 12.0. The van der Waals surface area contributed by atoms with Crippen LogP contribution in [0.3, 0.4) is 0 Å². The summed E-state index contributed by atoms with van der Waals surface area (Å²) in [5.74, 6) is -0.792. The van der Waals surface area contributed by atoms with Gasteiger partial charge in [0, 0.05) is 34.8 Å². The Kier molecular flexibility index (Phi) is 4.68. The van der Waals surface area contributed by atoms with E-state index >= 15 is 0 Å². The van der Waals surface area contributed by atoms with Crippen molar-refractivity contribution < 1.29 is 9.59 Å². The Morgan fingerprint density at radius 3 is 2.50 bits per heavy atom. The van der Waals surface area contributed by atoms with Gasteiger partial charge in [-0.3, -0.25) is 9.59 Å². The SMILES string of the molecule is NC(=O)[C@H]1CCN(C(=O)/C=C/c2c(Cl)cccc2Cl)C1. The molecule has 6 heteroatoms. The molecule has 0 saturated carbocycles. The van der Waals surface area contributed by atoms with E-state index in [1.165, 1.54) is 6.08 Å². The van der Waals surface area contributed by atoms with Crippen molar-refractivity contribution in [2.45, 2.75) is 6.42 Å². The normalized spacial score (nSPS) is 18.7. The fourth-order valence-electron chi connectivity index (χ4n) is 2.12. The van der Waals surface area contributed by atoms with E-state index in [1.807, 2.05) is 0 Å². The highest BCUT2D eigenvalue weighted by Gasteiger charge is 2.28. The Bertz CT molecular complexity index is 552. The van der Waals surface area contributed by atoms with Gasteiger partial charge in [0.1, 0.15) is 0 Å². The van der Waals surface area contributed by atoms with Crippen LogP contribution in [0.25, 0.3) is 6.08 Å². The average Bonchev–Trinajstić information content (AvgIpc) is 2.87. The van der Waals surface area contributed by atoms with Crippen molar-refractivity contribution in [1.82, 2.24) is 4.90 Å². The van der Waals surface area contributed by atoms with Crippen LogP contribution in [0.2, 0.25) is 10.0 Å². The third-order valence-electron chi connectivity index (χ3n) is 3.29. The standard InChI is InChI=1S/C14H14Cl2N2O2/c15-11-2-1-3-12(16)10(11)4-5-13(19)18-7-6-9(8-18)14(17)20/h1-5,9H,6-8H2,(H2,17,20)/b5-4+/t9-/m0/s1. The summed E-state index contributed by atoms with van der Waals surface area (Å²) in [4.78, 5) is 24.7. The molecule has 1 heterocycles. The fourth-order valence-corrected chi connectivity index (χ4v) is 2.65. The van der Waals surface area contributed by atoms with Crippen molar-refractivity contribution in [1.29, 1.82) is 0 Å². The van der Waals surface area contributed by atoms with Crippen LogP contribution in [0.1, 0.15) is 12.0 Å². The zero-order valence-corrected chi connectivity index (χ0v) is 12.2. The molecule has 20 heavy (non-hydrogen) atoms. The lowest BCUT2D eigenvalue weighted by atomic mass is 10.1. The Morgan fingerprint density at radius 1 is 1.30 bits per heavy atom. The Labute approximate surface area is 127 Å². The molecule has 1 saturated heterocycles. The van der Waals surface area contributed by atoms with Crippen LogP contribution in [0.5, 0.6) is 0 Å². The summed E-state index contributed by atoms with van der Waals surface area (Å²) in [6.07, 6.45) is 3.61. The minimum Gasteiger partial charge on any atom is -0.369 e. The largest absolute Gasteiger partial charge is 0.369 e. The zero-order valence-electron chi connectivity index (χ0n) is 10.7. The maximum Gasteiger partial charge on any atom is 0.246 e. The number of likely N-dealkylation sites (tertiary alicyclic amines) is 1. The van der Waals surface area contributed by atoms with Gasteiger partial charge in [0.15, 0.2) is 0 Å². The number of halogens is 2. The monoisotopic (exact) mass is 312 g/mol. The maximum atomic E-state index is 12.0. The van der Waals surface area contributed by atoms with Crippen LogP contribution in [0.15, 0.2) is 24.3 Å². The molecule has 1 aromatic carbocycles. The van der Waals surface area contributed by atoms with Crippen LogP contribution < -0.4 is 5.73 Å². The zero-order chi connectivity index (χ0) is 14.7. The minimum absolute atomic E-state index is 0.176. The smallest absolute Gasteiger partial charge is 0.246 e. The number of amides is 2. The summed E-state index contributed by atoms with van der Waals surface area (Å²) in [5.41, 5.74) is 5.84. The van der Waals surface area contributed by atoms with Crippen molar-refractivity contribution in [3.8, 4) is 0 Å². The van der Waals surface area contributed by atoms with E-state index in [2.05, 4.69) is 0 Å². The second kappa shape index (κ2) is 6.29. The number of hydrogen-bond donors (Lipinski definition) is 1. The molecule has 1 aliphatic heterocycles. The highest BCUT2D eigenvalue weighted by Crippen LogP contribution is 2.25. The van der Waals surface area contributed by atoms with Crippen LogP contribution in [0.4, 0.5) is 0 Å². The number of hydrogen-bond acceptors (Lipinski definition) is 2. The lowest BCUT2D eigenvalue weighted by molar-refractivity contribution is -0.125. The Hall–Kier alpha value is -1.52. The summed E-state index contributed by atoms with van der Waals surface area (Å²) in [6.45, 7) is 0.905. The van der Waals surface area contributed by atoms with Gasteiger partial charge in [0.25, 0.3) is 0 Å². The van der Waals surface area contributed by atoms with E-state index in [9.17, 15) is 9.59 Å². The molecule has 0 unspecified atom stereocenters. The number of primary amides is 1. The van der Waals surface area contributed by atoms with Gasteiger partial charge in [-0.15, -0.1) is 0 Å². The molecule has 1 fully saturated rings. The molecule has 0 bridgehead atoms. The van der Waals surface area contributed by atoms with Gasteiger partial charge in [-0.2, -0.15) is 0 Å². The van der Waals surface area contributed by atoms with E-state index in [0.29, 0.717) is 35.1 Å². The summed E-state index contributed by atoms with van der Waals surface area (Å²) < 4.78 is 0. The predicted octanol–water partition coefficient (Wildman–Crippen LogP) is 2.34. The molecule has 2 amide bonds. The number of carbonyl (C=O) groups excluding carboxylic acids is 2. The van der Waals surface area contributed by atoms with Crippen molar-refractivity contribution in [2.24, 2.45) is 11.7 Å². The van der Waals surface area contributed by atoms with E-state index in [-0.39, 0.29) is 17.7 Å². The molecule has 106 valence electrons. The van der Waals surface area contributed by atoms with E-state index < -0.39 is 0 Å². The van der Waals surface area contributed by atoms with E-state index in [1.54, 1.807) is 29.2 Å². The first kappa shape index (κ1) is 14.9. The number of benzene rings is 1. The lowest BCUT2D eigenvalue weighted by Crippen LogP contribution is -2.30. The summed E-state index contributed by atoms with van der Waals surface area (Å²) >= 11 is 12.0. The Morgan fingerprint density at radius 2 is 1.95 bits per heavy atom. The minimum atomic E-state index is -0.363. The topological polar surface area (TPSA) is 63.4 Å². The molecule has 1 aliphatic rings. The number of carbonyl (C=O) groups is 2. The van der Waals surface area contributed by atoms with Crippen LogP contribution in [-0.4, -0.2) is 29.8 Å². The van der Waals surface area contributed by atoms with Crippen molar-refractivity contribution in [3.63, 3.8) is 0 Å². The summed E-state index contributed by atoms with van der Waals surface area (Å²) in [6, 6.07) is 5.15. The van der Waals surface area contributed by atoms with Gasteiger partial charge in [-0.1, -0.05) is 29.3 Å². The molecule has 2 N–H and O–H groups in total. The van der Waals surface area contributed by atoms with Crippen molar-refractivity contribution in [2.75, 3.05) is 13.1 Å². The summed E-state index contributed by atoms with van der Waals surface area (Å²) in [7, 11) is 0. The van der Waals surface area contributed by atoms with E-state index in [4.69, 9.17) is 28.9 Å². The quantitative estimate of drug-likeness (QED) is 0.871. The number of nitrogens with two attached hydrogens (primary N) is 1. The highest BCUT2D eigenvalue weighted by atomic mass is 35.5. The van der Waals surface area contributed by atoms with Crippen LogP contribution in [0, 0.1) is 5.92 Å². The predicted molar refractivity (Wildman–Crippen MR) is 79.4 cm³/mol. The molecule has 1 aromatic rings. The average molecular weight is 313 g/mol. The van der Waals surface area contributed by atoms with Crippen molar-refractivity contribution in [3.05, 3.63) is 39.9 Å².